The first-order chi connectivity index (χ1) is 8.10. The summed E-state index contributed by atoms with van der Waals surface area (Å²) >= 11 is 0. The van der Waals surface area contributed by atoms with Gasteiger partial charge in [0, 0.05) is 18.0 Å². The van der Waals surface area contributed by atoms with Crippen LogP contribution in [0.25, 0.3) is 10.4 Å². The van der Waals surface area contributed by atoms with Crippen molar-refractivity contribution in [1.29, 1.82) is 0 Å². The maximum absolute atomic E-state index is 11.7. The van der Waals surface area contributed by atoms with Crippen molar-refractivity contribution >= 4 is 10.0 Å². The Morgan fingerprint density at radius 2 is 2.00 bits per heavy atom. The molecule has 0 unspecified atom stereocenters. The Bertz CT molecular complexity index is 504. The lowest BCUT2D eigenvalue weighted by Gasteiger charge is -2.05. The standard InChI is InChI=1S/C10H14N4O2S/c1-2-9-3-5-10(6-4-9)17(15,16)13-8-7-12-14-11/h3-6,13H,2,7-8H2,1H3. The smallest absolute Gasteiger partial charge is 0.211 e. The van der Waals surface area contributed by atoms with Crippen molar-refractivity contribution in [2.45, 2.75) is 18.2 Å². The molecule has 0 aromatic heterocycles. The Kier molecular flexibility index (Phi) is 4.96. The van der Waals surface area contributed by atoms with Gasteiger partial charge in [-0.05, 0) is 29.6 Å². The Labute approximate surface area is 100 Å². The Morgan fingerprint density at radius 1 is 1.35 bits per heavy atom. The number of aryl methyl sites for hydroxylation is 1. The Morgan fingerprint density at radius 3 is 2.53 bits per heavy atom. The molecule has 1 rings (SSSR count). The molecule has 17 heavy (non-hydrogen) atoms. The SMILES string of the molecule is CCc1ccc(S(=O)(=O)NCCN=[N+]=[N-])cc1. The molecule has 1 aromatic carbocycles. The molecule has 0 aliphatic rings. The van der Waals surface area contributed by atoms with E-state index in [2.05, 4.69) is 14.7 Å². The average molecular weight is 254 g/mol. The van der Waals surface area contributed by atoms with Gasteiger partial charge in [-0.25, -0.2) is 13.1 Å². The summed E-state index contributed by atoms with van der Waals surface area (Å²) in [4.78, 5) is 2.76. The molecule has 0 saturated carbocycles. The van der Waals surface area contributed by atoms with Crippen molar-refractivity contribution in [3.05, 3.63) is 40.3 Å². The third-order valence-corrected chi connectivity index (χ3v) is 3.69. The van der Waals surface area contributed by atoms with Crippen LogP contribution in [0.3, 0.4) is 0 Å². The van der Waals surface area contributed by atoms with Gasteiger partial charge in [0.25, 0.3) is 0 Å². The van der Waals surface area contributed by atoms with Crippen molar-refractivity contribution in [2.75, 3.05) is 13.1 Å². The number of hydrogen-bond donors (Lipinski definition) is 1. The van der Waals surface area contributed by atoms with E-state index < -0.39 is 10.0 Å². The van der Waals surface area contributed by atoms with Crippen LogP contribution in [0.15, 0.2) is 34.3 Å². The lowest BCUT2D eigenvalue weighted by Crippen LogP contribution is -2.26. The normalized spacial score (nSPS) is 10.9. The lowest BCUT2D eigenvalue weighted by molar-refractivity contribution is 0.582. The zero-order chi connectivity index (χ0) is 12.7. The second-order valence-electron chi connectivity index (χ2n) is 3.35. The molecule has 0 radical (unpaired) electrons. The van der Waals surface area contributed by atoms with Crippen molar-refractivity contribution < 1.29 is 8.42 Å². The number of rotatable bonds is 6. The molecule has 0 heterocycles. The van der Waals surface area contributed by atoms with Crippen LogP contribution in [0.1, 0.15) is 12.5 Å². The highest BCUT2D eigenvalue weighted by molar-refractivity contribution is 7.89. The summed E-state index contributed by atoms with van der Waals surface area (Å²) in [5.41, 5.74) is 9.13. The fourth-order valence-corrected chi connectivity index (χ4v) is 2.28. The molecule has 0 bridgehead atoms. The number of hydrogen-bond acceptors (Lipinski definition) is 3. The van der Waals surface area contributed by atoms with Crippen LogP contribution in [-0.2, 0) is 16.4 Å². The van der Waals surface area contributed by atoms with Gasteiger partial charge in [0.15, 0.2) is 0 Å². The highest BCUT2D eigenvalue weighted by Crippen LogP contribution is 2.10. The summed E-state index contributed by atoms with van der Waals surface area (Å²) in [6.07, 6.45) is 0.866. The summed E-state index contributed by atoms with van der Waals surface area (Å²) < 4.78 is 25.9. The first kappa shape index (κ1) is 13.5. The minimum absolute atomic E-state index is 0.0991. The predicted octanol–water partition coefficient (Wildman–Crippen LogP) is 1.84. The molecule has 1 aromatic rings. The first-order valence-corrected chi connectivity index (χ1v) is 6.68. The molecule has 0 atom stereocenters. The summed E-state index contributed by atoms with van der Waals surface area (Å²) in [7, 11) is -3.50. The van der Waals surface area contributed by atoms with Crippen molar-refractivity contribution in [1.82, 2.24) is 4.72 Å². The lowest BCUT2D eigenvalue weighted by atomic mass is 10.2. The summed E-state index contributed by atoms with van der Waals surface area (Å²) in [6.45, 7) is 2.20. The minimum Gasteiger partial charge on any atom is -0.211 e. The van der Waals surface area contributed by atoms with Crippen LogP contribution in [0.2, 0.25) is 0 Å². The van der Waals surface area contributed by atoms with Crippen molar-refractivity contribution in [3.63, 3.8) is 0 Å². The van der Waals surface area contributed by atoms with Crippen molar-refractivity contribution in [3.8, 4) is 0 Å². The topological polar surface area (TPSA) is 94.9 Å². The number of nitrogens with one attached hydrogen (secondary N) is 1. The van der Waals surface area contributed by atoms with Gasteiger partial charge in [-0.15, -0.1) is 0 Å². The Hall–Kier alpha value is -1.56. The predicted molar refractivity (Wildman–Crippen MR) is 65.0 cm³/mol. The van der Waals surface area contributed by atoms with E-state index in [-0.39, 0.29) is 18.0 Å². The van der Waals surface area contributed by atoms with E-state index in [1.807, 2.05) is 6.92 Å². The highest BCUT2D eigenvalue weighted by Gasteiger charge is 2.12. The second-order valence-corrected chi connectivity index (χ2v) is 5.12. The molecule has 6 nitrogen and oxygen atoms in total. The van der Waals surface area contributed by atoms with Gasteiger partial charge >= 0.3 is 0 Å². The van der Waals surface area contributed by atoms with Gasteiger partial charge in [0.1, 0.15) is 0 Å². The number of azide groups is 1. The van der Waals surface area contributed by atoms with E-state index in [0.717, 1.165) is 12.0 Å². The third-order valence-electron chi connectivity index (χ3n) is 2.21. The molecule has 0 saturated heterocycles. The van der Waals surface area contributed by atoms with Crippen LogP contribution >= 0.6 is 0 Å². The van der Waals surface area contributed by atoms with E-state index in [1.165, 1.54) is 0 Å². The number of benzene rings is 1. The van der Waals surface area contributed by atoms with Crippen LogP contribution < -0.4 is 4.72 Å². The Balaban J connectivity index is 2.71. The van der Waals surface area contributed by atoms with Gasteiger partial charge in [-0.2, -0.15) is 0 Å². The number of sulfonamides is 1. The maximum Gasteiger partial charge on any atom is 0.240 e. The summed E-state index contributed by atoms with van der Waals surface area (Å²) in [6, 6.07) is 6.69. The van der Waals surface area contributed by atoms with Gasteiger partial charge in [0.05, 0.1) is 4.90 Å². The third kappa shape index (κ3) is 4.07. The summed E-state index contributed by atoms with van der Waals surface area (Å²) in [5, 5.41) is 3.25. The van der Waals surface area contributed by atoms with Gasteiger partial charge < -0.3 is 0 Å². The van der Waals surface area contributed by atoms with Crippen LogP contribution in [0.4, 0.5) is 0 Å². The zero-order valence-electron chi connectivity index (χ0n) is 9.50. The van der Waals surface area contributed by atoms with E-state index in [0.29, 0.717) is 0 Å². The molecule has 1 N–H and O–H groups in total. The number of nitrogens with zero attached hydrogens (tertiary/aromatic N) is 3. The van der Waals surface area contributed by atoms with Gasteiger partial charge in [0.2, 0.25) is 10.0 Å². The summed E-state index contributed by atoms with van der Waals surface area (Å²) in [5.74, 6) is 0. The molecular formula is C10H14N4O2S. The molecule has 0 aliphatic carbocycles. The molecular weight excluding hydrogens is 240 g/mol. The fourth-order valence-electron chi connectivity index (χ4n) is 1.26. The monoisotopic (exact) mass is 254 g/mol. The molecule has 0 aliphatic heterocycles. The first-order valence-electron chi connectivity index (χ1n) is 5.19. The molecule has 92 valence electrons. The average Bonchev–Trinajstić information content (AvgIpc) is 2.35. The molecule has 0 spiro atoms. The highest BCUT2D eigenvalue weighted by atomic mass is 32.2. The minimum atomic E-state index is -3.50. The maximum atomic E-state index is 11.7. The quantitative estimate of drug-likeness (QED) is 0.363. The van der Waals surface area contributed by atoms with Crippen LogP contribution in [0, 0.1) is 0 Å². The molecule has 0 amide bonds. The largest absolute Gasteiger partial charge is 0.240 e. The fraction of sp³-hybridized carbons (Fsp3) is 0.400. The van der Waals surface area contributed by atoms with Gasteiger partial charge in [-0.3, -0.25) is 0 Å². The van der Waals surface area contributed by atoms with Gasteiger partial charge in [-0.1, -0.05) is 24.2 Å². The molecule has 0 fully saturated rings. The van der Waals surface area contributed by atoms with Crippen LogP contribution in [0.5, 0.6) is 0 Å². The van der Waals surface area contributed by atoms with E-state index in [9.17, 15) is 8.42 Å². The van der Waals surface area contributed by atoms with Crippen LogP contribution in [-0.4, -0.2) is 21.5 Å². The second kappa shape index (κ2) is 6.24. The van der Waals surface area contributed by atoms with E-state index in [1.54, 1.807) is 24.3 Å². The van der Waals surface area contributed by atoms with E-state index >= 15 is 0 Å². The van der Waals surface area contributed by atoms with E-state index in [4.69, 9.17) is 5.53 Å². The zero-order valence-corrected chi connectivity index (χ0v) is 10.3. The van der Waals surface area contributed by atoms with Crippen molar-refractivity contribution in [2.24, 2.45) is 5.11 Å². The molecule has 7 heteroatoms.